The smallest absolute Gasteiger partial charge is 0.0111 e. The first-order valence-corrected chi connectivity index (χ1v) is 10.0. The molecule has 0 bridgehead atoms. The van der Waals surface area contributed by atoms with Crippen molar-refractivity contribution in [2.75, 3.05) is 0 Å². The summed E-state index contributed by atoms with van der Waals surface area (Å²) in [5.74, 6) is 0. The van der Waals surface area contributed by atoms with Crippen LogP contribution in [0.2, 0.25) is 0 Å². The molecule has 0 saturated heterocycles. The second-order valence-electron chi connectivity index (χ2n) is 7.75. The van der Waals surface area contributed by atoms with Crippen molar-refractivity contribution in [1.82, 2.24) is 0 Å². The Morgan fingerprint density at radius 3 is 0.538 bits per heavy atom. The van der Waals surface area contributed by atoms with E-state index in [1.165, 1.54) is 77.2 Å². The Labute approximate surface area is 160 Å². The van der Waals surface area contributed by atoms with Gasteiger partial charge < -0.3 is 0 Å². The molecule has 0 fully saturated rings. The van der Waals surface area contributed by atoms with Gasteiger partial charge in [-0.15, -0.1) is 0 Å². The van der Waals surface area contributed by atoms with Crippen molar-refractivity contribution in [1.29, 1.82) is 0 Å². The van der Waals surface area contributed by atoms with Gasteiger partial charge in [-0.05, 0) is 146 Å². The van der Waals surface area contributed by atoms with Gasteiger partial charge in [0, 0.05) is 0 Å². The van der Waals surface area contributed by atoms with E-state index in [0.717, 1.165) is 0 Å². The summed E-state index contributed by atoms with van der Waals surface area (Å²) in [5, 5.41) is 5.91. The van der Waals surface area contributed by atoms with Gasteiger partial charge in [-0.3, -0.25) is 0 Å². The molecule has 3 aromatic rings. The van der Waals surface area contributed by atoms with E-state index in [1.807, 2.05) is 13.8 Å². The van der Waals surface area contributed by atoms with Gasteiger partial charge in [0.2, 0.25) is 0 Å². The Bertz CT molecular complexity index is 865. The van der Waals surface area contributed by atoms with Crippen LogP contribution in [0.5, 0.6) is 0 Å². The quantitative estimate of drug-likeness (QED) is 0.360. The minimum Gasteiger partial charge on any atom is -0.0683 e. The fourth-order valence-corrected chi connectivity index (χ4v) is 4.75. The number of hydrogen-bond donors (Lipinski definition) is 0. The fraction of sp³-hybridized carbons (Fsp3) is 0.462. The first kappa shape index (κ1) is 20.5. The fourth-order valence-electron chi connectivity index (χ4n) is 4.75. The van der Waals surface area contributed by atoms with Crippen molar-refractivity contribution < 1.29 is 0 Å². The van der Waals surface area contributed by atoms with E-state index < -0.39 is 0 Å². The van der Waals surface area contributed by atoms with Crippen molar-refractivity contribution in [2.45, 2.75) is 83.1 Å². The summed E-state index contributed by atoms with van der Waals surface area (Å²) in [7, 11) is 0. The van der Waals surface area contributed by atoms with E-state index >= 15 is 0 Å². The average Bonchev–Trinajstić information content (AvgIpc) is 2.63. The van der Waals surface area contributed by atoms with Crippen molar-refractivity contribution in [3.05, 3.63) is 55.6 Å². The van der Waals surface area contributed by atoms with Gasteiger partial charge in [0.15, 0.2) is 0 Å². The Kier molecular flexibility index (Phi) is 5.57. The van der Waals surface area contributed by atoms with Gasteiger partial charge in [0.05, 0.1) is 0 Å². The predicted molar refractivity (Wildman–Crippen MR) is 120 cm³/mol. The number of hydrogen-bond acceptors (Lipinski definition) is 0. The van der Waals surface area contributed by atoms with Crippen molar-refractivity contribution in [3.8, 4) is 0 Å². The Balaban J connectivity index is 0.00000117. The zero-order chi connectivity index (χ0) is 20.1. The summed E-state index contributed by atoms with van der Waals surface area (Å²) < 4.78 is 0. The molecule has 0 unspecified atom stereocenters. The number of fused-ring (bicyclic) bond motifs is 2. The van der Waals surface area contributed by atoms with Crippen LogP contribution in [0.4, 0.5) is 0 Å². The third-order valence-corrected chi connectivity index (χ3v) is 6.88. The molecule has 0 heterocycles. The van der Waals surface area contributed by atoms with E-state index in [2.05, 4.69) is 69.2 Å². The SMILES string of the molecule is CC.Cc1c(C)c(C)c2c(C)c3c(C)c(C)c(C)c(C)c3c(C)c2c1C. The summed E-state index contributed by atoms with van der Waals surface area (Å²) >= 11 is 0. The van der Waals surface area contributed by atoms with Crippen LogP contribution < -0.4 is 0 Å². The van der Waals surface area contributed by atoms with Gasteiger partial charge >= 0.3 is 0 Å². The monoisotopic (exact) mass is 348 g/mol. The van der Waals surface area contributed by atoms with E-state index in [0.29, 0.717) is 0 Å². The highest BCUT2D eigenvalue weighted by Crippen LogP contribution is 2.42. The van der Waals surface area contributed by atoms with Gasteiger partial charge in [-0.25, -0.2) is 0 Å². The van der Waals surface area contributed by atoms with Gasteiger partial charge in [-0.2, -0.15) is 0 Å². The maximum absolute atomic E-state index is 2.33. The van der Waals surface area contributed by atoms with Crippen LogP contribution >= 0.6 is 0 Å². The van der Waals surface area contributed by atoms with Crippen molar-refractivity contribution in [2.24, 2.45) is 0 Å². The average molecular weight is 349 g/mol. The lowest BCUT2D eigenvalue weighted by molar-refractivity contribution is 1.22. The molecule has 0 aliphatic heterocycles. The molecule has 0 spiro atoms. The molecular weight excluding hydrogens is 312 g/mol. The van der Waals surface area contributed by atoms with Crippen molar-refractivity contribution in [3.63, 3.8) is 0 Å². The largest absolute Gasteiger partial charge is 0.0683 e. The minimum absolute atomic E-state index is 1.44. The third kappa shape index (κ3) is 2.57. The molecule has 140 valence electrons. The predicted octanol–water partition coefficient (Wildman–Crippen LogP) is 8.10. The zero-order valence-electron chi connectivity index (χ0n) is 19.0. The maximum Gasteiger partial charge on any atom is -0.0111 e. The van der Waals surface area contributed by atoms with Crippen LogP contribution in [0.3, 0.4) is 0 Å². The molecule has 0 aliphatic carbocycles. The summed E-state index contributed by atoms with van der Waals surface area (Å²) in [5.41, 5.74) is 14.5. The van der Waals surface area contributed by atoms with Crippen LogP contribution in [0, 0.1) is 69.2 Å². The molecule has 0 saturated carbocycles. The number of rotatable bonds is 0. The molecule has 0 radical (unpaired) electrons. The molecule has 0 amide bonds. The molecule has 0 N–H and O–H groups in total. The topological polar surface area (TPSA) is 0 Å². The second-order valence-corrected chi connectivity index (χ2v) is 7.75. The normalized spacial score (nSPS) is 11.1. The molecule has 0 aromatic heterocycles. The van der Waals surface area contributed by atoms with Crippen LogP contribution in [0.25, 0.3) is 21.5 Å². The van der Waals surface area contributed by atoms with Crippen LogP contribution in [0.1, 0.15) is 69.5 Å². The van der Waals surface area contributed by atoms with E-state index in [1.54, 1.807) is 0 Å². The van der Waals surface area contributed by atoms with Crippen LogP contribution in [0.15, 0.2) is 0 Å². The molecule has 0 aliphatic rings. The number of aryl methyl sites for hydroxylation is 6. The summed E-state index contributed by atoms with van der Waals surface area (Å²) in [4.78, 5) is 0. The molecular formula is C26H36. The van der Waals surface area contributed by atoms with E-state index in [4.69, 9.17) is 0 Å². The van der Waals surface area contributed by atoms with Crippen LogP contribution in [-0.2, 0) is 0 Å². The van der Waals surface area contributed by atoms with Crippen molar-refractivity contribution >= 4 is 21.5 Å². The summed E-state index contributed by atoms with van der Waals surface area (Å²) in [6, 6.07) is 0. The molecule has 0 nitrogen and oxygen atoms in total. The van der Waals surface area contributed by atoms with Gasteiger partial charge in [-0.1, -0.05) is 13.8 Å². The lowest BCUT2D eigenvalue weighted by Crippen LogP contribution is -2.03. The second kappa shape index (κ2) is 7.06. The third-order valence-electron chi connectivity index (χ3n) is 6.88. The van der Waals surface area contributed by atoms with Gasteiger partial charge in [0.25, 0.3) is 0 Å². The Morgan fingerprint density at radius 1 is 0.231 bits per heavy atom. The van der Waals surface area contributed by atoms with Crippen LogP contribution in [-0.4, -0.2) is 0 Å². The standard InChI is InChI=1S/C24H30.C2H6/c1-11-12(2)16(6)22-20(10)24-18(8)14(4)13(3)17(7)23(24)19(9)21(22)15(11)5;1-2/h1-10H3;1-2H3. The first-order valence-electron chi connectivity index (χ1n) is 10.0. The molecule has 0 atom stereocenters. The first-order chi connectivity index (χ1) is 12.1. The zero-order valence-corrected chi connectivity index (χ0v) is 19.0. The lowest BCUT2D eigenvalue weighted by Gasteiger charge is -2.24. The number of benzene rings is 3. The molecule has 0 heteroatoms. The molecule has 26 heavy (non-hydrogen) atoms. The highest BCUT2D eigenvalue weighted by Gasteiger charge is 2.20. The highest BCUT2D eigenvalue weighted by atomic mass is 14.2. The molecule has 3 aromatic carbocycles. The van der Waals surface area contributed by atoms with Gasteiger partial charge in [0.1, 0.15) is 0 Å². The summed E-state index contributed by atoms with van der Waals surface area (Å²) in [6.45, 7) is 26.9. The minimum atomic E-state index is 1.44. The summed E-state index contributed by atoms with van der Waals surface area (Å²) in [6.07, 6.45) is 0. The Hall–Kier alpha value is -1.82. The maximum atomic E-state index is 2.33. The molecule has 3 rings (SSSR count). The Morgan fingerprint density at radius 2 is 0.385 bits per heavy atom. The highest BCUT2D eigenvalue weighted by molar-refractivity contribution is 6.11. The lowest BCUT2D eigenvalue weighted by atomic mass is 9.80. The van der Waals surface area contributed by atoms with E-state index in [-0.39, 0.29) is 0 Å². The van der Waals surface area contributed by atoms with E-state index in [9.17, 15) is 0 Å².